The van der Waals surface area contributed by atoms with Gasteiger partial charge in [0.25, 0.3) is 0 Å². The molecule has 1 aromatic carbocycles. The predicted molar refractivity (Wildman–Crippen MR) is 78.5 cm³/mol. The van der Waals surface area contributed by atoms with Crippen LogP contribution in [0.1, 0.15) is 26.1 Å². The Morgan fingerprint density at radius 1 is 1.40 bits per heavy atom. The van der Waals surface area contributed by atoms with E-state index in [1.54, 1.807) is 0 Å². The molecule has 0 saturated heterocycles. The third-order valence-corrected chi connectivity index (χ3v) is 3.77. The fraction of sp³-hybridized carbons (Fsp3) is 0.467. The van der Waals surface area contributed by atoms with Crippen LogP contribution in [0.3, 0.4) is 0 Å². The van der Waals surface area contributed by atoms with Crippen LogP contribution in [0.5, 0.6) is 5.75 Å². The molecule has 2 N–H and O–H groups in total. The summed E-state index contributed by atoms with van der Waals surface area (Å²) in [5.41, 5.74) is 7.67. The van der Waals surface area contributed by atoms with Crippen molar-refractivity contribution in [3.63, 3.8) is 0 Å². The van der Waals surface area contributed by atoms with E-state index in [2.05, 4.69) is 21.7 Å². The van der Waals surface area contributed by atoms with Crippen LogP contribution < -0.4 is 10.5 Å². The van der Waals surface area contributed by atoms with Gasteiger partial charge < -0.3 is 15.0 Å². The zero-order chi connectivity index (χ0) is 14.1. The van der Waals surface area contributed by atoms with Crippen molar-refractivity contribution < 1.29 is 4.74 Å². The molecule has 2 aromatic rings. The summed E-state index contributed by atoms with van der Waals surface area (Å²) in [5, 5.41) is 8.65. The Labute approximate surface area is 118 Å². The SMILES string of the molecule is CCOc1ccc(-c2nnc3n2CCC(C)C3)cc1N. The summed E-state index contributed by atoms with van der Waals surface area (Å²) in [7, 11) is 0. The number of fused-ring (bicyclic) bond motifs is 1. The van der Waals surface area contributed by atoms with Gasteiger partial charge in [-0.2, -0.15) is 0 Å². The lowest BCUT2D eigenvalue weighted by molar-refractivity contribution is 0.342. The van der Waals surface area contributed by atoms with Crippen molar-refractivity contribution in [3.05, 3.63) is 24.0 Å². The average molecular weight is 272 g/mol. The van der Waals surface area contributed by atoms with E-state index in [0.717, 1.165) is 35.9 Å². The van der Waals surface area contributed by atoms with Crippen molar-refractivity contribution >= 4 is 5.69 Å². The Balaban J connectivity index is 1.96. The van der Waals surface area contributed by atoms with E-state index in [4.69, 9.17) is 10.5 Å². The van der Waals surface area contributed by atoms with Crippen LogP contribution in [0, 0.1) is 5.92 Å². The lowest BCUT2D eigenvalue weighted by atomic mass is 10.00. The molecule has 1 aliphatic rings. The van der Waals surface area contributed by atoms with Gasteiger partial charge in [-0.05, 0) is 37.5 Å². The molecule has 106 valence electrons. The van der Waals surface area contributed by atoms with Crippen molar-refractivity contribution in [1.82, 2.24) is 14.8 Å². The normalized spacial score (nSPS) is 17.8. The summed E-state index contributed by atoms with van der Waals surface area (Å²) in [6, 6.07) is 5.82. The van der Waals surface area contributed by atoms with Crippen LogP contribution in [0.4, 0.5) is 5.69 Å². The molecule has 0 saturated carbocycles. The highest BCUT2D eigenvalue weighted by molar-refractivity contribution is 5.66. The molecule has 0 radical (unpaired) electrons. The second-order valence-electron chi connectivity index (χ2n) is 5.38. The van der Waals surface area contributed by atoms with Crippen LogP contribution in [0.25, 0.3) is 11.4 Å². The zero-order valence-electron chi connectivity index (χ0n) is 12.0. The maximum absolute atomic E-state index is 6.03. The Hall–Kier alpha value is -2.04. The smallest absolute Gasteiger partial charge is 0.164 e. The number of ether oxygens (including phenoxy) is 1. The molecule has 0 spiro atoms. The van der Waals surface area contributed by atoms with Gasteiger partial charge in [-0.1, -0.05) is 6.92 Å². The summed E-state index contributed by atoms with van der Waals surface area (Å²) >= 11 is 0. The third-order valence-electron chi connectivity index (χ3n) is 3.77. The highest BCUT2D eigenvalue weighted by Gasteiger charge is 2.21. The monoisotopic (exact) mass is 272 g/mol. The molecule has 5 heteroatoms. The van der Waals surface area contributed by atoms with Crippen molar-refractivity contribution in [2.45, 2.75) is 33.2 Å². The molecule has 1 aliphatic heterocycles. The molecule has 1 unspecified atom stereocenters. The number of benzene rings is 1. The minimum atomic E-state index is 0.613. The molecular weight excluding hydrogens is 252 g/mol. The Kier molecular flexibility index (Phi) is 3.34. The molecule has 0 bridgehead atoms. The first kappa shape index (κ1) is 13.0. The molecule has 20 heavy (non-hydrogen) atoms. The third kappa shape index (κ3) is 2.24. The number of nitrogen functional groups attached to an aromatic ring is 1. The Bertz CT molecular complexity index is 620. The van der Waals surface area contributed by atoms with Crippen LogP contribution in [0.2, 0.25) is 0 Å². The summed E-state index contributed by atoms with van der Waals surface area (Å²) in [4.78, 5) is 0. The van der Waals surface area contributed by atoms with Gasteiger partial charge in [0, 0.05) is 18.5 Å². The maximum Gasteiger partial charge on any atom is 0.164 e. The highest BCUT2D eigenvalue weighted by Crippen LogP contribution is 2.30. The number of nitrogens with two attached hydrogens (primary N) is 1. The number of rotatable bonds is 3. The molecule has 3 rings (SSSR count). The van der Waals surface area contributed by atoms with Gasteiger partial charge in [0.2, 0.25) is 0 Å². The maximum atomic E-state index is 6.03. The molecule has 0 fully saturated rings. The second kappa shape index (κ2) is 5.15. The largest absolute Gasteiger partial charge is 0.492 e. The van der Waals surface area contributed by atoms with E-state index >= 15 is 0 Å². The predicted octanol–water partition coefficient (Wildman–Crippen LogP) is 2.51. The molecular formula is C15H20N4O. The first-order valence-electron chi connectivity index (χ1n) is 7.13. The van der Waals surface area contributed by atoms with E-state index in [1.165, 1.54) is 6.42 Å². The van der Waals surface area contributed by atoms with E-state index in [1.807, 2.05) is 25.1 Å². The van der Waals surface area contributed by atoms with E-state index in [-0.39, 0.29) is 0 Å². The summed E-state index contributed by atoms with van der Waals surface area (Å²) in [5.74, 6) is 3.39. The first-order chi connectivity index (χ1) is 9.69. The van der Waals surface area contributed by atoms with E-state index in [0.29, 0.717) is 18.2 Å². The number of aromatic nitrogens is 3. The minimum absolute atomic E-state index is 0.613. The molecule has 1 aromatic heterocycles. The molecule has 0 amide bonds. The van der Waals surface area contributed by atoms with Crippen LogP contribution in [-0.4, -0.2) is 21.4 Å². The van der Waals surface area contributed by atoms with Crippen molar-refractivity contribution in [2.24, 2.45) is 5.92 Å². The van der Waals surface area contributed by atoms with Crippen molar-refractivity contribution in [2.75, 3.05) is 12.3 Å². The first-order valence-corrected chi connectivity index (χ1v) is 7.13. The van der Waals surface area contributed by atoms with Gasteiger partial charge in [-0.15, -0.1) is 10.2 Å². The average Bonchev–Trinajstić information content (AvgIpc) is 2.84. The van der Waals surface area contributed by atoms with Crippen molar-refractivity contribution in [3.8, 4) is 17.1 Å². The minimum Gasteiger partial charge on any atom is -0.492 e. The van der Waals surface area contributed by atoms with Gasteiger partial charge in [-0.25, -0.2) is 0 Å². The zero-order valence-corrected chi connectivity index (χ0v) is 12.0. The summed E-state index contributed by atoms with van der Waals surface area (Å²) in [6.45, 7) is 5.80. The second-order valence-corrected chi connectivity index (χ2v) is 5.38. The summed E-state index contributed by atoms with van der Waals surface area (Å²) in [6.07, 6.45) is 2.17. The fourth-order valence-electron chi connectivity index (χ4n) is 2.67. The topological polar surface area (TPSA) is 66.0 Å². The quantitative estimate of drug-likeness (QED) is 0.872. The number of nitrogens with zero attached hydrogens (tertiary/aromatic N) is 3. The lowest BCUT2D eigenvalue weighted by Gasteiger charge is -2.20. The number of hydrogen-bond acceptors (Lipinski definition) is 4. The molecule has 1 atom stereocenters. The van der Waals surface area contributed by atoms with Crippen LogP contribution in [-0.2, 0) is 13.0 Å². The molecule has 2 heterocycles. The van der Waals surface area contributed by atoms with Gasteiger partial charge in [0.15, 0.2) is 5.82 Å². The number of anilines is 1. The number of hydrogen-bond donors (Lipinski definition) is 1. The van der Waals surface area contributed by atoms with Gasteiger partial charge in [-0.3, -0.25) is 0 Å². The van der Waals surface area contributed by atoms with E-state index < -0.39 is 0 Å². The standard InChI is InChI=1S/C15H20N4O/c1-3-20-13-5-4-11(9-12(13)16)15-18-17-14-8-10(2)6-7-19(14)15/h4-5,9-10H,3,6-8,16H2,1-2H3. The highest BCUT2D eigenvalue weighted by atomic mass is 16.5. The van der Waals surface area contributed by atoms with Gasteiger partial charge in [0.05, 0.1) is 12.3 Å². The summed E-state index contributed by atoms with van der Waals surface area (Å²) < 4.78 is 7.67. The Morgan fingerprint density at radius 2 is 2.25 bits per heavy atom. The lowest BCUT2D eigenvalue weighted by Crippen LogP contribution is -2.18. The van der Waals surface area contributed by atoms with Crippen molar-refractivity contribution in [1.29, 1.82) is 0 Å². The van der Waals surface area contributed by atoms with Crippen LogP contribution >= 0.6 is 0 Å². The Morgan fingerprint density at radius 3 is 3.00 bits per heavy atom. The molecule has 0 aliphatic carbocycles. The fourth-order valence-corrected chi connectivity index (χ4v) is 2.67. The van der Waals surface area contributed by atoms with Crippen LogP contribution in [0.15, 0.2) is 18.2 Å². The van der Waals surface area contributed by atoms with Gasteiger partial charge in [0.1, 0.15) is 11.6 Å². The molecule has 5 nitrogen and oxygen atoms in total. The van der Waals surface area contributed by atoms with E-state index in [9.17, 15) is 0 Å². The van der Waals surface area contributed by atoms with Gasteiger partial charge >= 0.3 is 0 Å².